The number of rotatable bonds is 9. The van der Waals surface area contributed by atoms with Gasteiger partial charge < -0.3 is 15.5 Å². The third-order valence-corrected chi connectivity index (χ3v) is 7.58. The lowest BCUT2D eigenvalue weighted by Gasteiger charge is -2.29. The first-order valence-electron chi connectivity index (χ1n) is 13.8. The van der Waals surface area contributed by atoms with Crippen LogP contribution in [-0.2, 0) is 24.3 Å². The van der Waals surface area contributed by atoms with E-state index in [9.17, 15) is 0 Å². The predicted octanol–water partition coefficient (Wildman–Crippen LogP) is 4.98. The van der Waals surface area contributed by atoms with Crippen molar-refractivity contribution in [1.29, 1.82) is 0 Å². The lowest BCUT2D eigenvalue weighted by molar-refractivity contribution is 0.0948. The molecule has 1 saturated carbocycles. The first-order chi connectivity index (χ1) is 19.3. The van der Waals surface area contributed by atoms with Crippen LogP contribution in [0.1, 0.15) is 53.3 Å². The zero-order chi connectivity index (χ0) is 26.0. The molecule has 198 valence electrons. The quantitative estimate of drug-likeness (QED) is 0.286. The van der Waals surface area contributed by atoms with E-state index in [2.05, 4.69) is 79.4 Å². The standard InChI is InChI=1S/C30H32N8O/c1-3-7-20(8-4-1)18-38-14-13-24-27(19-38)32-30(34-29(24)33-28-16-25(35-36-28)22-11-12-22)31-17-23-15-26(37-39-23)21-9-5-2-6-10-21/h1-10,16,22-23H,11-15,17-19H2,(H3,31,32,33,34,35,36). The maximum atomic E-state index is 5.73. The maximum Gasteiger partial charge on any atom is 0.225 e. The van der Waals surface area contributed by atoms with E-state index in [4.69, 9.17) is 14.8 Å². The van der Waals surface area contributed by atoms with Gasteiger partial charge in [0.05, 0.1) is 18.0 Å². The Bertz CT molecular complexity index is 1470. The average molecular weight is 521 g/mol. The number of hydrogen-bond donors (Lipinski definition) is 3. The van der Waals surface area contributed by atoms with E-state index in [1.807, 2.05) is 18.2 Å². The van der Waals surface area contributed by atoms with Crippen LogP contribution in [-0.4, -0.2) is 50.0 Å². The highest BCUT2D eigenvalue weighted by Crippen LogP contribution is 2.40. The van der Waals surface area contributed by atoms with Gasteiger partial charge in [-0.3, -0.25) is 10.00 Å². The second-order valence-electron chi connectivity index (χ2n) is 10.6. The molecule has 1 fully saturated rings. The molecule has 1 unspecified atom stereocenters. The summed E-state index contributed by atoms with van der Waals surface area (Å²) in [6.07, 6.45) is 4.02. The van der Waals surface area contributed by atoms with E-state index in [1.54, 1.807) is 0 Å². The number of hydrogen-bond acceptors (Lipinski definition) is 8. The van der Waals surface area contributed by atoms with Crippen molar-refractivity contribution >= 4 is 23.3 Å². The highest BCUT2D eigenvalue weighted by atomic mass is 16.6. The summed E-state index contributed by atoms with van der Waals surface area (Å²) in [4.78, 5) is 18.0. The lowest BCUT2D eigenvalue weighted by atomic mass is 10.0. The Labute approximate surface area is 227 Å². The molecule has 0 saturated heterocycles. The van der Waals surface area contributed by atoms with Crippen LogP contribution in [0.4, 0.5) is 17.6 Å². The molecule has 3 N–H and O–H groups in total. The van der Waals surface area contributed by atoms with Crippen molar-refractivity contribution in [2.45, 2.75) is 50.8 Å². The summed E-state index contributed by atoms with van der Waals surface area (Å²) >= 11 is 0. The fourth-order valence-corrected chi connectivity index (χ4v) is 5.31. The summed E-state index contributed by atoms with van der Waals surface area (Å²) in [6.45, 7) is 3.19. The van der Waals surface area contributed by atoms with E-state index in [1.165, 1.54) is 24.1 Å². The third kappa shape index (κ3) is 5.49. The number of oxime groups is 1. The highest BCUT2D eigenvalue weighted by Gasteiger charge is 2.27. The van der Waals surface area contributed by atoms with E-state index >= 15 is 0 Å². The van der Waals surface area contributed by atoms with Gasteiger partial charge in [0, 0.05) is 49.3 Å². The Morgan fingerprint density at radius 2 is 1.82 bits per heavy atom. The number of benzene rings is 2. The van der Waals surface area contributed by atoms with Gasteiger partial charge in [-0.05, 0) is 30.4 Å². The molecule has 4 heterocycles. The molecule has 3 aliphatic rings. The number of H-pyrrole nitrogens is 1. The van der Waals surface area contributed by atoms with Crippen LogP contribution < -0.4 is 10.6 Å². The lowest BCUT2D eigenvalue weighted by Crippen LogP contribution is -2.32. The van der Waals surface area contributed by atoms with Crippen molar-refractivity contribution in [2.24, 2.45) is 5.16 Å². The minimum atomic E-state index is -0.0710. The second kappa shape index (κ2) is 10.5. The molecule has 7 rings (SSSR count). The number of fused-ring (bicyclic) bond motifs is 1. The Hall–Kier alpha value is -4.24. The molecule has 4 aromatic rings. The Morgan fingerprint density at radius 1 is 1.00 bits per heavy atom. The predicted molar refractivity (Wildman–Crippen MR) is 151 cm³/mol. The SMILES string of the molecule is c1ccc(CN2CCc3c(nc(NCC4CC(c5ccccc5)=NO4)nc3Nc3cc(C4CC4)[nH]n3)C2)cc1. The molecule has 1 aliphatic carbocycles. The van der Waals surface area contributed by atoms with Gasteiger partial charge >= 0.3 is 0 Å². The van der Waals surface area contributed by atoms with Crippen molar-refractivity contribution in [1.82, 2.24) is 25.1 Å². The monoisotopic (exact) mass is 520 g/mol. The van der Waals surface area contributed by atoms with Gasteiger partial charge in [0.25, 0.3) is 0 Å². The van der Waals surface area contributed by atoms with E-state index in [0.717, 1.165) is 66.6 Å². The van der Waals surface area contributed by atoms with E-state index in [-0.39, 0.29) is 6.10 Å². The van der Waals surface area contributed by atoms with Crippen molar-refractivity contribution < 1.29 is 4.84 Å². The van der Waals surface area contributed by atoms with Crippen LogP contribution in [0.15, 0.2) is 71.9 Å². The zero-order valence-corrected chi connectivity index (χ0v) is 21.8. The molecular weight excluding hydrogens is 488 g/mol. The second-order valence-corrected chi connectivity index (χ2v) is 10.6. The minimum absolute atomic E-state index is 0.0710. The largest absolute Gasteiger partial charge is 0.390 e. The van der Waals surface area contributed by atoms with Gasteiger partial charge in [0.15, 0.2) is 5.82 Å². The van der Waals surface area contributed by atoms with Crippen LogP contribution in [0.3, 0.4) is 0 Å². The molecule has 0 spiro atoms. The summed E-state index contributed by atoms with van der Waals surface area (Å²) in [7, 11) is 0. The van der Waals surface area contributed by atoms with Gasteiger partial charge in [-0.2, -0.15) is 10.1 Å². The topological polar surface area (TPSA) is 103 Å². The van der Waals surface area contributed by atoms with Crippen LogP contribution in [0.2, 0.25) is 0 Å². The van der Waals surface area contributed by atoms with Crippen LogP contribution in [0.25, 0.3) is 0 Å². The number of nitrogens with one attached hydrogen (secondary N) is 3. The van der Waals surface area contributed by atoms with Crippen molar-refractivity contribution in [2.75, 3.05) is 23.7 Å². The summed E-state index contributed by atoms with van der Waals surface area (Å²) in [5, 5.41) is 18.9. The Kier molecular flexibility index (Phi) is 6.42. The maximum absolute atomic E-state index is 5.73. The molecule has 1 atom stereocenters. The molecule has 9 nitrogen and oxygen atoms in total. The molecule has 2 aromatic heterocycles. The molecule has 0 bridgehead atoms. The highest BCUT2D eigenvalue weighted by molar-refractivity contribution is 6.01. The van der Waals surface area contributed by atoms with Gasteiger partial charge in [0.1, 0.15) is 11.9 Å². The zero-order valence-electron chi connectivity index (χ0n) is 21.8. The fourth-order valence-electron chi connectivity index (χ4n) is 5.31. The first kappa shape index (κ1) is 23.8. The third-order valence-electron chi connectivity index (χ3n) is 7.58. The number of aromatic amines is 1. The van der Waals surface area contributed by atoms with Crippen molar-refractivity contribution in [3.63, 3.8) is 0 Å². The van der Waals surface area contributed by atoms with Gasteiger partial charge in [-0.1, -0.05) is 65.8 Å². The molecule has 9 heteroatoms. The van der Waals surface area contributed by atoms with Crippen molar-refractivity contribution in [3.8, 4) is 0 Å². The minimum Gasteiger partial charge on any atom is -0.390 e. The summed E-state index contributed by atoms with van der Waals surface area (Å²) in [5.41, 5.74) is 6.78. The first-order valence-corrected chi connectivity index (χ1v) is 13.8. The normalized spacial score (nSPS) is 18.8. The van der Waals surface area contributed by atoms with E-state index < -0.39 is 0 Å². The molecule has 0 radical (unpaired) electrons. The van der Waals surface area contributed by atoms with Gasteiger partial charge in [-0.25, -0.2) is 4.98 Å². The summed E-state index contributed by atoms with van der Waals surface area (Å²) in [6, 6.07) is 22.9. The fraction of sp³-hybridized carbons (Fsp3) is 0.333. The van der Waals surface area contributed by atoms with Gasteiger partial charge in [0.2, 0.25) is 5.95 Å². The smallest absolute Gasteiger partial charge is 0.225 e. The molecule has 39 heavy (non-hydrogen) atoms. The Balaban J connectivity index is 1.08. The molecule has 0 amide bonds. The van der Waals surface area contributed by atoms with Crippen LogP contribution in [0, 0.1) is 0 Å². The number of nitrogens with zero attached hydrogens (tertiary/aromatic N) is 5. The number of aromatic nitrogens is 4. The average Bonchev–Trinajstić information content (AvgIpc) is 3.53. The molecular formula is C30H32N8O. The summed E-state index contributed by atoms with van der Waals surface area (Å²) < 4.78 is 0. The van der Waals surface area contributed by atoms with Crippen LogP contribution >= 0.6 is 0 Å². The van der Waals surface area contributed by atoms with E-state index in [0.29, 0.717) is 18.4 Å². The summed E-state index contributed by atoms with van der Waals surface area (Å²) in [5.74, 6) is 2.83. The van der Waals surface area contributed by atoms with Crippen LogP contribution in [0.5, 0.6) is 0 Å². The molecule has 2 aliphatic heterocycles. The van der Waals surface area contributed by atoms with Gasteiger partial charge in [-0.15, -0.1) is 0 Å². The van der Waals surface area contributed by atoms with Crippen molar-refractivity contribution in [3.05, 3.63) is 94.8 Å². The Morgan fingerprint density at radius 3 is 2.64 bits per heavy atom. The molecule has 2 aromatic carbocycles. The number of anilines is 3.